The van der Waals surface area contributed by atoms with Crippen LogP contribution in [-0.2, 0) is 4.79 Å². The molecule has 0 spiro atoms. The Morgan fingerprint density at radius 2 is 1.75 bits per heavy atom. The van der Waals surface area contributed by atoms with Gasteiger partial charge in [0.05, 0.1) is 18.6 Å². The van der Waals surface area contributed by atoms with Gasteiger partial charge in [-0.3, -0.25) is 4.79 Å². The second-order valence-corrected chi connectivity index (χ2v) is 7.56. The van der Waals surface area contributed by atoms with Crippen LogP contribution in [0.2, 0.25) is 0 Å². The van der Waals surface area contributed by atoms with Crippen LogP contribution < -0.4 is 29.9 Å². The van der Waals surface area contributed by atoms with Gasteiger partial charge in [-0.1, -0.05) is 12.1 Å². The van der Waals surface area contributed by atoms with Crippen molar-refractivity contribution < 1.29 is 28.2 Å². The number of nitrogens with one attached hydrogen (secondary N) is 1. The first-order chi connectivity index (χ1) is 15.5. The maximum atomic E-state index is 13.3. The van der Waals surface area contributed by atoms with E-state index in [1.54, 1.807) is 50.4 Å². The minimum atomic E-state index is -0.962. The van der Waals surface area contributed by atoms with Crippen LogP contribution in [0.1, 0.15) is 22.8 Å². The molecule has 2 aliphatic heterocycles. The van der Waals surface area contributed by atoms with Gasteiger partial charge in [-0.2, -0.15) is 0 Å². The maximum absolute atomic E-state index is 13.3. The lowest BCUT2D eigenvalue weighted by Gasteiger charge is -2.21. The number of hydrogen-bond donors (Lipinski definition) is 1. The Hall–Kier alpha value is -3.94. The molecule has 0 bridgehead atoms. The number of benzene rings is 2. The maximum Gasteiger partial charge on any atom is 0.343 e. The topological polar surface area (TPSA) is 96.2 Å². The number of carbonyl (C=O) groups excluding carboxylic acids is 1. The van der Waals surface area contributed by atoms with Crippen molar-refractivity contribution in [1.29, 1.82) is 0 Å². The SMILES string of the molecule is COc1ccc(C2c3c(cc(C)oc3=O)OC2C(=O)Nc2ccc3c(c2)OCCO3)cc1. The molecule has 2 aliphatic rings. The number of aryl methyl sites for hydroxylation is 1. The molecule has 3 heterocycles. The van der Waals surface area contributed by atoms with Crippen molar-refractivity contribution in [2.24, 2.45) is 0 Å². The minimum Gasteiger partial charge on any atom is -0.497 e. The van der Waals surface area contributed by atoms with Gasteiger partial charge in [-0.15, -0.1) is 0 Å². The zero-order valence-corrected chi connectivity index (χ0v) is 17.5. The van der Waals surface area contributed by atoms with Crippen LogP contribution in [0.3, 0.4) is 0 Å². The lowest BCUT2D eigenvalue weighted by Crippen LogP contribution is -2.35. The third kappa shape index (κ3) is 3.53. The summed E-state index contributed by atoms with van der Waals surface area (Å²) in [4.78, 5) is 26.0. The van der Waals surface area contributed by atoms with Crippen LogP contribution in [0, 0.1) is 6.92 Å². The smallest absolute Gasteiger partial charge is 0.343 e. The molecule has 0 saturated carbocycles. The van der Waals surface area contributed by atoms with Crippen LogP contribution in [0.25, 0.3) is 0 Å². The first-order valence-electron chi connectivity index (χ1n) is 10.2. The highest BCUT2D eigenvalue weighted by molar-refractivity contribution is 5.96. The molecular formula is C24H21NO7. The van der Waals surface area contributed by atoms with Crippen molar-refractivity contribution >= 4 is 11.6 Å². The number of anilines is 1. The number of hydrogen-bond acceptors (Lipinski definition) is 7. The van der Waals surface area contributed by atoms with Gasteiger partial charge in [0.1, 0.15) is 30.5 Å². The van der Waals surface area contributed by atoms with Gasteiger partial charge in [-0.25, -0.2) is 4.79 Å². The molecule has 1 N–H and O–H groups in total. The number of amides is 1. The molecule has 0 saturated heterocycles. The van der Waals surface area contributed by atoms with E-state index in [-0.39, 0.29) is 0 Å². The van der Waals surface area contributed by atoms with E-state index < -0.39 is 23.6 Å². The van der Waals surface area contributed by atoms with Gasteiger partial charge in [-0.05, 0) is 36.8 Å². The standard InChI is InChI=1S/C24H21NO7/c1-13-11-19-21(24(27)31-13)20(14-3-6-16(28-2)7-4-14)22(32-19)23(26)25-15-5-8-17-18(12-15)30-10-9-29-17/h3-8,11-12,20,22H,9-10H2,1-2H3,(H,25,26). The Balaban J connectivity index is 1.49. The summed E-state index contributed by atoms with van der Waals surface area (Å²) < 4.78 is 27.6. The van der Waals surface area contributed by atoms with E-state index in [9.17, 15) is 9.59 Å². The van der Waals surface area contributed by atoms with Crippen molar-refractivity contribution in [2.45, 2.75) is 18.9 Å². The average Bonchev–Trinajstić information content (AvgIpc) is 3.19. The normalized spacial score (nSPS) is 18.4. The number of rotatable bonds is 4. The first-order valence-corrected chi connectivity index (χ1v) is 10.2. The largest absolute Gasteiger partial charge is 0.497 e. The second-order valence-electron chi connectivity index (χ2n) is 7.56. The molecular weight excluding hydrogens is 414 g/mol. The predicted molar refractivity (Wildman–Crippen MR) is 115 cm³/mol. The molecule has 2 atom stereocenters. The van der Waals surface area contributed by atoms with E-state index in [2.05, 4.69) is 5.32 Å². The fourth-order valence-electron chi connectivity index (χ4n) is 4.02. The summed E-state index contributed by atoms with van der Waals surface area (Å²) in [7, 11) is 1.57. The molecule has 2 unspecified atom stereocenters. The molecule has 5 rings (SSSR count). The molecule has 2 aromatic carbocycles. The first kappa shape index (κ1) is 20.0. The van der Waals surface area contributed by atoms with E-state index in [4.69, 9.17) is 23.4 Å². The third-order valence-electron chi connectivity index (χ3n) is 5.48. The van der Waals surface area contributed by atoms with Crippen molar-refractivity contribution in [3.05, 3.63) is 75.8 Å². The Morgan fingerprint density at radius 1 is 1.00 bits per heavy atom. The van der Waals surface area contributed by atoms with Crippen molar-refractivity contribution in [3.63, 3.8) is 0 Å². The number of methoxy groups -OCH3 is 1. The molecule has 8 heteroatoms. The molecule has 0 fully saturated rings. The number of fused-ring (bicyclic) bond motifs is 2. The molecule has 164 valence electrons. The van der Waals surface area contributed by atoms with Gasteiger partial charge >= 0.3 is 5.63 Å². The van der Waals surface area contributed by atoms with Crippen molar-refractivity contribution in [3.8, 4) is 23.0 Å². The minimum absolute atomic E-state index is 0.322. The highest BCUT2D eigenvalue weighted by Crippen LogP contribution is 2.42. The monoisotopic (exact) mass is 435 g/mol. The van der Waals surface area contributed by atoms with Crippen LogP contribution in [0.5, 0.6) is 23.0 Å². The Bertz CT molecular complexity index is 1230. The van der Waals surface area contributed by atoms with E-state index >= 15 is 0 Å². The summed E-state index contributed by atoms with van der Waals surface area (Å²) in [6.07, 6.45) is -0.962. The summed E-state index contributed by atoms with van der Waals surface area (Å²) in [5.74, 6) is 1.59. The second kappa shape index (κ2) is 7.96. The zero-order chi connectivity index (χ0) is 22.2. The zero-order valence-electron chi connectivity index (χ0n) is 17.5. The highest BCUT2D eigenvalue weighted by Gasteiger charge is 2.43. The van der Waals surface area contributed by atoms with Crippen LogP contribution in [0.4, 0.5) is 5.69 Å². The summed E-state index contributed by atoms with van der Waals surface area (Å²) >= 11 is 0. The molecule has 32 heavy (non-hydrogen) atoms. The summed E-state index contributed by atoms with van der Waals surface area (Å²) in [6, 6.07) is 14.0. The summed E-state index contributed by atoms with van der Waals surface area (Å²) in [5.41, 5.74) is 1.08. The van der Waals surface area contributed by atoms with Crippen LogP contribution in [0.15, 0.2) is 57.7 Å². The number of ether oxygens (including phenoxy) is 4. The average molecular weight is 435 g/mol. The summed E-state index contributed by atoms with van der Waals surface area (Å²) in [5, 5.41) is 2.87. The van der Waals surface area contributed by atoms with E-state index in [1.165, 1.54) is 0 Å². The lowest BCUT2D eigenvalue weighted by molar-refractivity contribution is -0.122. The third-order valence-corrected chi connectivity index (χ3v) is 5.48. The van der Waals surface area contributed by atoms with E-state index in [1.807, 2.05) is 12.1 Å². The van der Waals surface area contributed by atoms with Gasteiger partial charge in [0, 0.05) is 17.8 Å². The molecule has 0 aliphatic carbocycles. The Labute approximate surface area is 183 Å². The Morgan fingerprint density at radius 3 is 2.50 bits per heavy atom. The van der Waals surface area contributed by atoms with Gasteiger partial charge in [0.15, 0.2) is 17.6 Å². The van der Waals surface area contributed by atoms with Crippen LogP contribution in [-0.4, -0.2) is 32.3 Å². The quantitative estimate of drug-likeness (QED) is 0.672. The molecule has 1 aromatic heterocycles. The van der Waals surface area contributed by atoms with E-state index in [0.29, 0.717) is 53.2 Å². The fourth-order valence-corrected chi connectivity index (χ4v) is 4.02. The van der Waals surface area contributed by atoms with Gasteiger partial charge in [0.25, 0.3) is 5.91 Å². The highest BCUT2D eigenvalue weighted by atomic mass is 16.6. The van der Waals surface area contributed by atoms with Gasteiger partial charge in [0.2, 0.25) is 0 Å². The molecule has 8 nitrogen and oxygen atoms in total. The van der Waals surface area contributed by atoms with Crippen molar-refractivity contribution in [2.75, 3.05) is 25.6 Å². The Kier molecular flexibility index (Phi) is 4.97. The molecule has 3 aromatic rings. The molecule has 1 amide bonds. The fraction of sp³-hybridized carbons (Fsp3) is 0.250. The predicted octanol–water partition coefficient (Wildman–Crippen LogP) is 3.26. The van der Waals surface area contributed by atoms with Crippen molar-refractivity contribution in [1.82, 2.24) is 0 Å². The lowest BCUT2D eigenvalue weighted by atomic mass is 9.88. The van der Waals surface area contributed by atoms with E-state index in [0.717, 1.165) is 5.56 Å². The number of carbonyl (C=O) groups is 1. The summed E-state index contributed by atoms with van der Waals surface area (Å²) in [6.45, 7) is 2.59. The molecule has 0 radical (unpaired) electrons. The van der Waals surface area contributed by atoms with Crippen LogP contribution >= 0.6 is 0 Å². The van der Waals surface area contributed by atoms with Gasteiger partial charge < -0.3 is 28.7 Å².